The van der Waals surface area contributed by atoms with Gasteiger partial charge >= 0.3 is 0 Å². The summed E-state index contributed by atoms with van der Waals surface area (Å²) in [4.78, 5) is 0. The summed E-state index contributed by atoms with van der Waals surface area (Å²) in [7, 11) is 0. The molecule has 28 heavy (non-hydrogen) atoms. The number of aryl methyl sites for hydroxylation is 4. The minimum absolute atomic E-state index is 0. The van der Waals surface area contributed by atoms with Gasteiger partial charge in [0.25, 0.3) is 0 Å². The minimum atomic E-state index is -0.940. The molecule has 0 aliphatic heterocycles. The second-order valence-electron chi connectivity index (χ2n) is 8.14. The maximum atomic E-state index is 6.90. The van der Waals surface area contributed by atoms with Crippen LogP contribution in [-0.2, 0) is 43.4 Å². The van der Waals surface area contributed by atoms with Gasteiger partial charge < -0.3 is 0 Å². The van der Waals surface area contributed by atoms with Gasteiger partial charge in [-0.1, -0.05) is 87.0 Å². The van der Waals surface area contributed by atoms with Crippen LogP contribution in [0.4, 0.5) is 0 Å². The van der Waals surface area contributed by atoms with Crippen molar-refractivity contribution in [3.8, 4) is 11.1 Å². The van der Waals surface area contributed by atoms with Crippen LogP contribution in [0.5, 0.6) is 0 Å². The van der Waals surface area contributed by atoms with Crippen molar-refractivity contribution in [2.75, 3.05) is 0 Å². The molecule has 2 aromatic carbocycles. The molecule has 0 nitrogen and oxygen atoms in total. The van der Waals surface area contributed by atoms with E-state index in [4.69, 9.17) is 23.2 Å². The van der Waals surface area contributed by atoms with E-state index in [1.54, 1.807) is 0 Å². The van der Waals surface area contributed by atoms with Crippen LogP contribution in [0.3, 0.4) is 0 Å². The summed E-state index contributed by atoms with van der Waals surface area (Å²) in [5.41, 5.74) is 10.1. The molecule has 2 aromatic rings. The van der Waals surface area contributed by atoms with E-state index in [-0.39, 0.29) is 26.2 Å². The molecule has 1 aliphatic rings. The third-order valence-corrected chi connectivity index (χ3v) is 6.83. The molecule has 150 valence electrons. The third kappa shape index (κ3) is 4.79. The molecule has 0 heterocycles. The molecule has 0 saturated heterocycles. The number of hydrogen-bond acceptors (Lipinski definition) is 0. The molecule has 0 aromatic heterocycles. The summed E-state index contributed by atoms with van der Waals surface area (Å²) in [5, 5.41) is 0. The van der Waals surface area contributed by atoms with E-state index < -0.39 is 4.33 Å². The Hall–Kier alpha value is -0.0969. The Labute approximate surface area is 200 Å². The van der Waals surface area contributed by atoms with E-state index in [1.165, 1.54) is 71.9 Å². The molecule has 0 bridgehead atoms. The van der Waals surface area contributed by atoms with Crippen molar-refractivity contribution in [3.05, 3.63) is 57.6 Å². The van der Waals surface area contributed by atoms with Crippen molar-refractivity contribution in [2.24, 2.45) is 0 Å². The summed E-state index contributed by atoms with van der Waals surface area (Å²) in [6, 6.07) is 9.17. The number of alkyl halides is 2. The maximum Gasteiger partial charge on any atom is 0.169 e. The Morgan fingerprint density at radius 1 is 0.679 bits per heavy atom. The van der Waals surface area contributed by atoms with Crippen LogP contribution in [0.25, 0.3) is 11.1 Å². The van der Waals surface area contributed by atoms with Crippen LogP contribution in [0.15, 0.2) is 24.3 Å². The van der Waals surface area contributed by atoms with E-state index in [9.17, 15) is 0 Å². The zero-order valence-electron chi connectivity index (χ0n) is 17.7. The number of rotatable bonds is 8. The summed E-state index contributed by atoms with van der Waals surface area (Å²) in [5.74, 6) is 0. The molecule has 0 unspecified atom stereocenters. The molecular weight excluding hydrogens is 462 g/mol. The largest absolute Gasteiger partial charge is 0.169 e. The van der Waals surface area contributed by atoms with E-state index in [0.29, 0.717) is 0 Å². The van der Waals surface area contributed by atoms with Gasteiger partial charge in [0, 0.05) is 37.3 Å². The number of hydrogen-bond donors (Lipinski definition) is 0. The zero-order valence-corrected chi connectivity index (χ0v) is 21.7. The summed E-state index contributed by atoms with van der Waals surface area (Å²) in [6.45, 7) is 8.89. The monoisotopic (exact) mass is 492 g/mol. The first-order chi connectivity index (χ1) is 12.9. The summed E-state index contributed by atoms with van der Waals surface area (Å²) >= 11 is 13.8. The van der Waals surface area contributed by atoms with Crippen LogP contribution < -0.4 is 0 Å². The maximum absolute atomic E-state index is 6.90. The van der Waals surface area contributed by atoms with Crippen LogP contribution in [0.2, 0.25) is 0 Å². The second-order valence-corrected chi connectivity index (χ2v) is 9.46. The molecule has 0 saturated carbocycles. The second kappa shape index (κ2) is 10.3. The first-order valence-electron chi connectivity index (χ1n) is 10.6. The Kier molecular flexibility index (Phi) is 8.88. The molecule has 1 aliphatic carbocycles. The molecule has 0 atom stereocenters. The Bertz CT molecular complexity index is 756. The molecule has 0 fully saturated rings. The molecule has 0 N–H and O–H groups in total. The molecule has 0 spiro atoms. The first-order valence-corrected chi connectivity index (χ1v) is 11.3. The van der Waals surface area contributed by atoms with Crippen molar-refractivity contribution in [1.29, 1.82) is 0 Å². The standard InChI is InChI=1S/C25H32Cl2.Zr/c1-5-7-9-11-19-15-21-22-16-20(12-10-8-6-2)18(4)14-24(22)25(26,27)23(21)13-17(19)3;/h13-16H,5-12H2,1-4H3;. The Morgan fingerprint density at radius 3 is 1.43 bits per heavy atom. The molecule has 3 heteroatoms. The van der Waals surface area contributed by atoms with Gasteiger partial charge in [0.05, 0.1) is 0 Å². The Morgan fingerprint density at radius 2 is 1.07 bits per heavy atom. The fourth-order valence-electron chi connectivity index (χ4n) is 4.29. The van der Waals surface area contributed by atoms with Crippen LogP contribution >= 0.6 is 23.2 Å². The smallest absolute Gasteiger partial charge is 0.0909 e. The van der Waals surface area contributed by atoms with Gasteiger partial charge in [0.1, 0.15) is 0 Å². The van der Waals surface area contributed by atoms with Crippen molar-refractivity contribution in [2.45, 2.75) is 83.4 Å². The van der Waals surface area contributed by atoms with Crippen molar-refractivity contribution in [3.63, 3.8) is 0 Å². The SMILES string of the molecule is CCCCCc1cc2c(cc1C)C(Cl)(Cl)c1cc(C)c(CCCCC)cc1-2.[Zr]. The average Bonchev–Trinajstić information content (AvgIpc) is 2.83. The molecular formula is C25H32Cl2Zr. The van der Waals surface area contributed by atoms with E-state index in [1.807, 2.05) is 0 Å². The first kappa shape index (κ1) is 24.2. The predicted molar refractivity (Wildman–Crippen MR) is 120 cm³/mol. The zero-order chi connectivity index (χ0) is 19.6. The van der Waals surface area contributed by atoms with Gasteiger partial charge in [0.15, 0.2) is 4.33 Å². The number of halogens is 2. The molecule has 0 radical (unpaired) electrons. The normalized spacial score (nSPS) is 13.8. The number of unbranched alkanes of at least 4 members (excludes halogenated alkanes) is 4. The summed E-state index contributed by atoms with van der Waals surface area (Å²) < 4.78 is -0.940. The van der Waals surface area contributed by atoms with Gasteiger partial charge in [0.2, 0.25) is 0 Å². The fourth-order valence-corrected chi connectivity index (χ4v) is 4.91. The van der Waals surface area contributed by atoms with Gasteiger partial charge in [-0.2, -0.15) is 0 Å². The van der Waals surface area contributed by atoms with Gasteiger partial charge in [-0.15, -0.1) is 0 Å². The average molecular weight is 495 g/mol. The topological polar surface area (TPSA) is 0 Å². The van der Waals surface area contributed by atoms with Gasteiger partial charge in [-0.3, -0.25) is 0 Å². The van der Waals surface area contributed by atoms with Crippen molar-refractivity contribution in [1.82, 2.24) is 0 Å². The molecule has 3 rings (SSSR count). The quantitative estimate of drug-likeness (QED) is 0.255. The Balaban J connectivity index is 0.00000280. The van der Waals surface area contributed by atoms with E-state index in [0.717, 1.165) is 24.0 Å². The van der Waals surface area contributed by atoms with Crippen molar-refractivity contribution >= 4 is 23.2 Å². The van der Waals surface area contributed by atoms with E-state index >= 15 is 0 Å². The van der Waals surface area contributed by atoms with Crippen LogP contribution in [0.1, 0.15) is 85.8 Å². The van der Waals surface area contributed by atoms with Crippen LogP contribution in [-0.4, -0.2) is 0 Å². The van der Waals surface area contributed by atoms with Gasteiger partial charge in [-0.25, -0.2) is 0 Å². The van der Waals surface area contributed by atoms with Crippen LogP contribution in [0, 0.1) is 13.8 Å². The van der Waals surface area contributed by atoms with Crippen molar-refractivity contribution < 1.29 is 26.2 Å². The summed E-state index contributed by atoms with van der Waals surface area (Å²) in [6.07, 6.45) is 9.81. The minimum Gasteiger partial charge on any atom is -0.0909 e. The molecule has 0 amide bonds. The predicted octanol–water partition coefficient (Wildman–Crippen LogP) is 8.43. The fraction of sp³-hybridized carbons (Fsp3) is 0.520. The van der Waals surface area contributed by atoms with E-state index in [2.05, 4.69) is 52.0 Å². The van der Waals surface area contributed by atoms with Gasteiger partial charge in [-0.05, 0) is 72.9 Å². The third-order valence-electron chi connectivity index (χ3n) is 6.02. The number of benzene rings is 2. The number of fused-ring (bicyclic) bond motifs is 3.